The Balaban J connectivity index is 3.05. The Kier molecular flexibility index (Phi) is 2.94. The number of isocyanates is 1. The first-order valence-electron chi connectivity index (χ1n) is 3.48. The van der Waals surface area contributed by atoms with E-state index in [0.717, 1.165) is 5.56 Å². The van der Waals surface area contributed by atoms with Gasteiger partial charge in [0.05, 0.1) is 0 Å². The number of carbonyl (C=O) groups excluding carboxylic acids is 1. The number of benzene rings is 1. The Hall–Kier alpha value is -1.73. The van der Waals surface area contributed by atoms with Gasteiger partial charge in [0.25, 0.3) is 0 Å². The van der Waals surface area contributed by atoms with Gasteiger partial charge < -0.3 is 0 Å². The molecular formula is C9H8N2O. The lowest BCUT2D eigenvalue weighted by Gasteiger charge is -1.95. The first-order valence-corrected chi connectivity index (χ1v) is 3.48. The molecule has 1 aromatic carbocycles. The molecule has 0 unspecified atom stereocenters. The van der Waals surface area contributed by atoms with Gasteiger partial charge in [-0.25, -0.2) is 4.79 Å². The molecule has 1 aromatic rings. The molecular weight excluding hydrogens is 152 g/mol. The number of rotatable bonds is 1. The van der Waals surface area contributed by atoms with Crippen LogP contribution < -0.4 is 0 Å². The van der Waals surface area contributed by atoms with E-state index in [1.807, 2.05) is 30.3 Å². The molecule has 60 valence electrons. The highest BCUT2D eigenvalue weighted by molar-refractivity contribution is 6.01. The first kappa shape index (κ1) is 8.37. The third kappa shape index (κ3) is 1.87. The molecule has 0 radical (unpaired) electrons. The van der Waals surface area contributed by atoms with Crippen molar-refractivity contribution in [3.05, 3.63) is 35.9 Å². The SMILES string of the molecule is CN=C(N=C=O)c1ccccc1. The molecule has 0 spiro atoms. The topological polar surface area (TPSA) is 41.8 Å². The predicted molar refractivity (Wildman–Crippen MR) is 47.0 cm³/mol. The van der Waals surface area contributed by atoms with Gasteiger partial charge in [0.2, 0.25) is 6.08 Å². The monoisotopic (exact) mass is 160 g/mol. The minimum Gasteiger partial charge on any atom is -0.269 e. The molecule has 0 bridgehead atoms. The van der Waals surface area contributed by atoms with Gasteiger partial charge in [-0.1, -0.05) is 30.3 Å². The predicted octanol–water partition coefficient (Wildman–Crippen LogP) is 1.40. The van der Waals surface area contributed by atoms with Crippen molar-refractivity contribution < 1.29 is 4.79 Å². The van der Waals surface area contributed by atoms with Gasteiger partial charge in [-0.2, -0.15) is 0 Å². The third-order valence-corrected chi connectivity index (χ3v) is 1.40. The molecule has 0 fully saturated rings. The normalized spacial score (nSPS) is 10.6. The number of amidine groups is 1. The van der Waals surface area contributed by atoms with Crippen LogP contribution in [-0.2, 0) is 4.79 Å². The van der Waals surface area contributed by atoms with Crippen LogP contribution in [0, 0.1) is 0 Å². The molecule has 0 atom stereocenters. The van der Waals surface area contributed by atoms with Crippen molar-refractivity contribution in [2.45, 2.75) is 0 Å². The summed E-state index contributed by atoms with van der Waals surface area (Å²) in [6.45, 7) is 0. The summed E-state index contributed by atoms with van der Waals surface area (Å²) in [5, 5.41) is 0. The molecule has 0 heterocycles. The summed E-state index contributed by atoms with van der Waals surface area (Å²) in [5.41, 5.74) is 0.823. The summed E-state index contributed by atoms with van der Waals surface area (Å²) < 4.78 is 0. The lowest BCUT2D eigenvalue weighted by atomic mass is 10.2. The van der Waals surface area contributed by atoms with Gasteiger partial charge in [-0.05, 0) is 0 Å². The van der Waals surface area contributed by atoms with E-state index in [1.165, 1.54) is 6.08 Å². The minimum absolute atomic E-state index is 0.408. The molecule has 0 N–H and O–H groups in total. The third-order valence-electron chi connectivity index (χ3n) is 1.40. The van der Waals surface area contributed by atoms with Crippen LogP contribution in [0.15, 0.2) is 40.3 Å². The largest absolute Gasteiger partial charge is 0.269 e. The second-order valence-corrected chi connectivity index (χ2v) is 2.12. The molecule has 1 rings (SSSR count). The lowest BCUT2D eigenvalue weighted by molar-refractivity contribution is 0.565. The van der Waals surface area contributed by atoms with Crippen LogP contribution in [0.3, 0.4) is 0 Å². The van der Waals surface area contributed by atoms with E-state index < -0.39 is 0 Å². The lowest BCUT2D eigenvalue weighted by Crippen LogP contribution is -1.95. The van der Waals surface area contributed by atoms with Crippen LogP contribution in [0.4, 0.5) is 0 Å². The highest BCUT2D eigenvalue weighted by atomic mass is 16.1. The highest BCUT2D eigenvalue weighted by Crippen LogP contribution is 2.00. The summed E-state index contributed by atoms with van der Waals surface area (Å²) in [7, 11) is 1.59. The molecule has 0 saturated carbocycles. The van der Waals surface area contributed by atoms with Crippen molar-refractivity contribution in [2.75, 3.05) is 7.05 Å². The molecule has 0 amide bonds. The van der Waals surface area contributed by atoms with E-state index in [4.69, 9.17) is 0 Å². The van der Waals surface area contributed by atoms with Crippen molar-refractivity contribution in [2.24, 2.45) is 9.98 Å². The Morgan fingerprint density at radius 3 is 2.50 bits per heavy atom. The maximum absolute atomic E-state index is 9.97. The Labute approximate surface area is 70.5 Å². The number of aliphatic imine (C=N–C) groups is 2. The average Bonchev–Trinajstić information content (AvgIpc) is 2.15. The van der Waals surface area contributed by atoms with E-state index in [2.05, 4.69) is 9.98 Å². The first-order chi connectivity index (χ1) is 5.88. The van der Waals surface area contributed by atoms with Crippen LogP contribution in [-0.4, -0.2) is 19.0 Å². The molecule has 0 aliphatic rings. The zero-order valence-electron chi connectivity index (χ0n) is 6.69. The van der Waals surface area contributed by atoms with Crippen LogP contribution >= 0.6 is 0 Å². The van der Waals surface area contributed by atoms with E-state index >= 15 is 0 Å². The summed E-state index contributed by atoms with van der Waals surface area (Å²) in [6, 6.07) is 9.29. The number of hydrogen-bond acceptors (Lipinski definition) is 2. The maximum Gasteiger partial charge on any atom is 0.242 e. The van der Waals surface area contributed by atoms with E-state index in [0.29, 0.717) is 5.84 Å². The van der Waals surface area contributed by atoms with Crippen LogP contribution in [0.25, 0.3) is 0 Å². The standard InChI is InChI=1S/C9H8N2O/c1-10-9(11-7-12)8-5-3-2-4-6-8/h2-6H,1H3. The van der Waals surface area contributed by atoms with E-state index in [1.54, 1.807) is 7.05 Å². The molecule has 0 saturated heterocycles. The van der Waals surface area contributed by atoms with Gasteiger partial charge in [0.15, 0.2) is 5.84 Å². The molecule has 3 heteroatoms. The van der Waals surface area contributed by atoms with Crippen molar-refractivity contribution in [3.8, 4) is 0 Å². The molecule has 0 aliphatic carbocycles. The zero-order chi connectivity index (χ0) is 8.81. The highest BCUT2D eigenvalue weighted by Gasteiger charge is 1.97. The second-order valence-electron chi connectivity index (χ2n) is 2.12. The summed E-state index contributed by atoms with van der Waals surface area (Å²) in [4.78, 5) is 17.3. The van der Waals surface area contributed by atoms with Gasteiger partial charge in [0, 0.05) is 12.6 Å². The van der Waals surface area contributed by atoms with Crippen molar-refractivity contribution in [1.29, 1.82) is 0 Å². The smallest absolute Gasteiger partial charge is 0.242 e. The molecule has 3 nitrogen and oxygen atoms in total. The maximum atomic E-state index is 9.97. The van der Waals surface area contributed by atoms with Crippen molar-refractivity contribution in [1.82, 2.24) is 0 Å². The summed E-state index contributed by atoms with van der Waals surface area (Å²) >= 11 is 0. The van der Waals surface area contributed by atoms with E-state index in [9.17, 15) is 4.79 Å². The zero-order valence-corrected chi connectivity index (χ0v) is 6.69. The summed E-state index contributed by atoms with van der Waals surface area (Å²) in [6.07, 6.45) is 1.46. The van der Waals surface area contributed by atoms with Crippen LogP contribution in [0.5, 0.6) is 0 Å². The van der Waals surface area contributed by atoms with E-state index in [-0.39, 0.29) is 0 Å². The van der Waals surface area contributed by atoms with Gasteiger partial charge in [-0.3, -0.25) is 4.99 Å². The molecule has 12 heavy (non-hydrogen) atoms. The fourth-order valence-electron chi connectivity index (χ4n) is 0.874. The van der Waals surface area contributed by atoms with Crippen LogP contribution in [0.2, 0.25) is 0 Å². The van der Waals surface area contributed by atoms with Crippen molar-refractivity contribution >= 4 is 11.9 Å². The Morgan fingerprint density at radius 2 is 2.00 bits per heavy atom. The Morgan fingerprint density at radius 1 is 1.33 bits per heavy atom. The second kappa shape index (κ2) is 4.21. The van der Waals surface area contributed by atoms with Gasteiger partial charge in [0.1, 0.15) is 0 Å². The Bertz CT molecular complexity index is 324. The number of nitrogens with zero attached hydrogens (tertiary/aromatic N) is 2. The number of hydrogen-bond donors (Lipinski definition) is 0. The minimum atomic E-state index is 0.408. The fraction of sp³-hybridized carbons (Fsp3) is 0.111. The fourth-order valence-corrected chi connectivity index (χ4v) is 0.874. The average molecular weight is 160 g/mol. The summed E-state index contributed by atoms with van der Waals surface area (Å²) in [5.74, 6) is 0.408. The van der Waals surface area contributed by atoms with Crippen LogP contribution in [0.1, 0.15) is 5.56 Å². The van der Waals surface area contributed by atoms with Crippen molar-refractivity contribution in [3.63, 3.8) is 0 Å². The quantitative estimate of drug-likeness (QED) is 0.348. The van der Waals surface area contributed by atoms with Gasteiger partial charge in [-0.15, -0.1) is 4.99 Å². The molecule has 0 aliphatic heterocycles. The van der Waals surface area contributed by atoms with Gasteiger partial charge >= 0.3 is 0 Å². The molecule has 0 aromatic heterocycles.